The average molecular weight is 263 g/mol. The minimum absolute atomic E-state index is 0.214. The van der Waals surface area contributed by atoms with Crippen molar-refractivity contribution in [2.45, 2.75) is 18.4 Å². The van der Waals surface area contributed by atoms with Gasteiger partial charge in [0.25, 0.3) is 0 Å². The largest absolute Gasteiger partial charge is 0.328 e. The van der Waals surface area contributed by atoms with Gasteiger partial charge in [-0.1, -0.05) is 23.8 Å². The summed E-state index contributed by atoms with van der Waals surface area (Å²) in [6.07, 6.45) is 4.83. The van der Waals surface area contributed by atoms with Crippen LogP contribution in [0.15, 0.2) is 43.5 Å². The number of carbonyl (C=O) groups excluding carboxylic acids is 1. The van der Waals surface area contributed by atoms with Crippen LogP contribution in [0.2, 0.25) is 5.02 Å². The Hall–Kier alpha value is -1.74. The fourth-order valence-electron chi connectivity index (χ4n) is 2.36. The van der Waals surface area contributed by atoms with Gasteiger partial charge in [-0.2, -0.15) is 0 Å². The number of nitrogens with one attached hydrogen (secondary N) is 2. The first-order chi connectivity index (χ1) is 8.61. The van der Waals surface area contributed by atoms with E-state index in [2.05, 4.69) is 23.8 Å². The quantitative estimate of drug-likeness (QED) is 0.796. The average Bonchev–Trinajstić information content (AvgIpc) is 2.31. The molecule has 0 spiro atoms. The summed E-state index contributed by atoms with van der Waals surface area (Å²) in [4.78, 5) is 11.8. The van der Waals surface area contributed by atoms with Gasteiger partial charge < -0.3 is 10.6 Å². The van der Waals surface area contributed by atoms with Crippen LogP contribution in [0.5, 0.6) is 0 Å². The number of fused-ring (bicyclic) bond motifs is 1. The standard InChI is InChI=1S/C14H15ClN2O/c1-3-7-14(8-4-2)11-9-10(15)5-6-12(11)16-13(18)17-14/h3-6,9H,1-2,7-8H2,(H2,16,17,18). The second kappa shape index (κ2) is 4.86. The summed E-state index contributed by atoms with van der Waals surface area (Å²) in [6.45, 7) is 7.53. The molecule has 2 N–H and O–H groups in total. The van der Waals surface area contributed by atoms with Crippen LogP contribution in [0.25, 0.3) is 0 Å². The van der Waals surface area contributed by atoms with Gasteiger partial charge in [-0.15, -0.1) is 13.2 Å². The SMILES string of the molecule is C=CCC1(CC=C)NC(=O)Nc2ccc(Cl)cc21. The molecular weight excluding hydrogens is 248 g/mol. The van der Waals surface area contributed by atoms with Crippen molar-refractivity contribution in [2.75, 3.05) is 5.32 Å². The summed E-state index contributed by atoms with van der Waals surface area (Å²) in [6, 6.07) is 5.24. The van der Waals surface area contributed by atoms with Crippen LogP contribution in [0.1, 0.15) is 18.4 Å². The first-order valence-corrected chi connectivity index (χ1v) is 6.10. The van der Waals surface area contributed by atoms with Crippen molar-refractivity contribution in [3.05, 3.63) is 54.1 Å². The molecule has 2 rings (SSSR count). The molecule has 0 saturated heterocycles. The minimum atomic E-state index is -0.508. The Morgan fingerprint density at radius 1 is 1.28 bits per heavy atom. The lowest BCUT2D eigenvalue weighted by atomic mass is 9.81. The smallest absolute Gasteiger partial charge is 0.319 e. The molecule has 1 aliphatic heterocycles. The van der Waals surface area contributed by atoms with Crippen molar-refractivity contribution in [2.24, 2.45) is 0 Å². The summed E-state index contributed by atoms with van der Waals surface area (Å²) >= 11 is 6.05. The molecule has 0 radical (unpaired) electrons. The van der Waals surface area contributed by atoms with E-state index in [9.17, 15) is 4.79 Å². The number of benzene rings is 1. The van der Waals surface area contributed by atoms with Gasteiger partial charge in [0.15, 0.2) is 0 Å². The highest BCUT2D eigenvalue weighted by Gasteiger charge is 2.37. The van der Waals surface area contributed by atoms with Crippen molar-refractivity contribution in [1.29, 1.82) is 0 Å². The van der Waals surface area contributed by atoms with E-state index in [1.54, 1.807) is 18.2 Å². The molecule has 1 heterocycles. The molecule has 1 aliphatic rings. The fraction of sp³-hybridized carbons (Fsp3) is 0.214. The van der Waals surface area contributed by atoms with E-state index in [4.69, 9.17) is 11.6 Å². The maximum atomic E-state index is 11.8. The van der Waals surface area contributed by atoms with Crippen LogP contribution in [0.3, 0.4) is 0 Å². The highest BCUT2D eigenvalue weighted by molar-refractivity contribution is 6.30. The maximum absolute atomic E-state index is 11.8. The highest BCUT2D eigenvalue weighted by Crippen LogP contribution is 2.39. The fourth-order valence-corrected chi connectivity index (χ4v) is 2.53. The van der Waals surface area contributed by atoms with Gasteiger partial charge in [0.05, 0.1) is 5.54 Å². The van der Waals surface area contributed by atoms with Crippen LogP contribution in [0.4, 0.5) is 10.5 Å². The van der Waals surface area contributed by atoms with Crippen molar-refractivity contribution < 1.29 is 4.79 Å². The lowest BCUT2D eigenvalue weighted by Crippen LogP contribution is -2.51. The zero-order valence-corrected chi connectivity index (χ0v) is 10.8. The lowest BCUT2D eigenvalue weighted by molar-refractivity contribution is 0.233. The third-order valence-electron chi connectivity index (χ3n) is 3.08. The zero-order valence-electron chi connectivity index (χ0n) is 10.0. The van der Waals surface area contributed by atoms with E-state index < -0.39 is 5.54 Å². The summed E-state index contributed by atoms with van der Waals surface area (Å²) < 4.78 is 0. The third-order valence-corrected chi connectivity index (χ3v) is 3.32. The molecule has 0 unspecified atom stereocenters. The van der Waals surface area contributed by atoms with Crippen LogP contribution in [0, 0.1) is 0 Å². The molecular formula is C14H15ClN2O. The number of halogens is 1. The summed E-state index contributed by atoms with van der Waals surface area (Å²) in [7, 11) is 0. The number of amides is 2. The summed E-state index contributed by atoms with van der Waals surface area (Å²) in [5.41, 5.74) is 1.24. The normalized spacial score (nSPS) is 16.2. The molecule has 18 heavy (non-hydrogen) atoms. The van der Waals surface area contributed by atoms with Gasteiger partial charge in [0.1, 0.15) is 0 Å². The number of anilines is 1. The highest BCUT2D eigenvalue weighted by atomic mass is 35.5. The first-order valence-electron chi connectivity index (χ1n) is 5.72. The number of rotatable bonds is 4. The molecule has 94 valence electrons. The second-order valence-electron chi connectivity index (χ2n) is 4.34. The molecule has 0 fully saturated rings. The Morgan fingerprint density at radius 3 is 2.56 bits per heavy atom. The molecule has 0 atom stereocenters. The van der Waals surface area contributed by atoms with Crippen molar-refractivity contribution in [3.8, 4) is 0 Å². The Bertz CT molecular complexity index is 501. The van der Waals surface area contributed by atoms with Gasteiger partial charge in [-0.05, 0) is 31.0 Å². The molecule has 1 aromatic rings. The Kier molecular flexibility index (Phi) is 3.43. The molecule has 0 aliphatic carbocycles. The maximum Gasteiger partial charge on any atom is 0.319 e. The van der Waals surface area contributed by atoms with Crippen molar-refractivity contribution in [3.63, 3.8) is 0 Å². The Labute approximate surface area is 112 Å². The predicted molar refractivity (Wildman–Crippen MR) is 74.9 cm³/mol. The molecule has 3 nitrogen and oxygen atoms in total. The molecule has 2 amide bonds. The van der Waals surface area contributed by atoms with E-state index in [0.717, 1.165) is 11.3 Å². The van der Waals surface area contributed by atoms with Crippen LogP contribution in [-0.4, -0.2) is 6.03 Å². The van der Waals surface area contributed by atoms with Crippen LogP contribution in [-0.2, 0) is 5.54 Å². The van der Waals surface area contributed by atoms with E-state index in [0.29, 0.717) is 17.9 Å². The van der Waals surface area contributed by atoms with Gasteiger partial charge in [-0.25, -0.2) is 4.79 Å². The first kappa shape index (κ1) is 12.7. The second-order valence-corrected chi connectivity index (χ2v) is 4.77. The van der Waals surface area contributed by atoms with Crippen molar-refractivity contribution >= 4 is 23.3 Å². The van der Waals surface area contributed by atoms with Gasteiger partial charge in [0, 0.05) is 16.3 Å². The van der Waals surface area contributed by atoms with Crippen LogP contribution < -0.4 is 10.6 Å². The van der Waals surface area contributed by atoms with Crippen molar-refractivity contribution in [1.82, 2.24) is 5.32 Å². The monoisotopic (exact) mass is 262 g/mol. The van der Waals surface area contributed by atoms with Gasteiger partial charge >= 0.3 is 6.03 Å². The third kappa shape index (κ3) is 2.14. The topological polar surface area (TPSA) is 41.1 Å². The molecule has 0 bridgehead atoms. The number of carbonyl (C=O) groups is 1. The van der Waals surface area contributed by atoms with E-state index in [-0.39, 0.29) is 6.03 Å². The summed E-state index contributed by atoms with van der Waals surface area (Å²) in [5.74, 6) is 0. The van der Waals surface area contributed by atoms with E-state index in [1.807, 2.05) is 12.1 Å². The Balaban J connectivity index is 2.59. The van der Waals surface area contributed by atoms with Gasteiger partial charge in [0.2, 0.25) is 0 Å². The molecule has 1 aromatic carbocycles. The predicted octanol–water partition coefficient (Wildman–Crippen LogP) is 3.82. The van der Waals surface area contributed by atoms with Gasteiger partial charge in [-0.3, -0.25) is 0 Å². The van der Waals surface area contributed by atoms with Crippen LogP contribution >= 0.6 is 11.6 Å². The van der Waals surface area contributed by atoms with E-state index in [1.165, 1.54) is 0 Å². The molecule has 4 heteroatoms. The number of urea groups is 1. The molecule has 0 saturated carbocycles. The number of hydrogen-bond donors (Lipinski definition) is 2. The Morgan fingerprint density at radius 2 is 1.94 bits per heavy atom. The number of hydrogen-bond acceptors (Lipinski definition) is 1. The lowest BCUT2D eigenvalue weighted by Gasteiger charge is -2.39. The van der Waals surface area contributed by atoms with E-state index >= 15 is 0 Å². The zero-order chi connectivity index (χ0) is 13.2. The molecule has 0 aromatic heterocycles. The minimum Gasteiger partial charge on any atom is -0.328 e. The summed E-state index contributed by atoms with van der Waals surface area (Å²) in [5, 5.41) is 6.39.